The van der Waals surface area contributed by atoms with Crippen LogP contribution in [0.5, 0.6) is 0 Å². The molecule has 5 heteroatoms. The van der Waals surface area contributed by atoms with Crippen molar-refractivity contribution in [1.29, 1.82) is 0 Å². The molecule has 1 aliphatic rings. The van der Waals surface area contributed by atoms with E-state index in [0.717, 1.165) is 23.9 Å². The number of H-pyrrole nitrogens is 1. The van der Waals surface area contributed by atoms with Gasteiger partial charge in [-0.2, -0.15) is 0 Å². The molecule has 5 nitrogen and oxygen atoms in total. The van der Waals surface area contributed by atoms with E-state index in [1.807, 2.05) is 40.3 Å². The van der Waals surface area contributed by atoms with Gasteiger partial charge in [0.2, 0.25) is 5.91 Å². The highest BCUT2D eigenvalue weighted by molar-refractivity contribution is 5.98. The molecule has 0 saturated carbocycles. The van der Waals surface area contributed by atoms with Gasteiger partial charge in [0.15, 0.2) is 0 Å². The summed E-state index contributed by atoms with van der Waals surface area (Å²) >= 11 is 0. The molecule has 2 aromatic rings. The molecule has 1 fully saturated rings. The lowest BCUT2D eigenvalue weighted by molar-refractivity contribution is -0.128. The number of carbonyl (C=O) groups excluding carboxylic acids is 2. The van der Waals surface area contributed by atoms with Crippen LogP contribution in [-0.2, 0) is 4.79 Å². The van der Waals surface area contributed by atoms with Crippen LogP contribution in [0.2, 0.25) is 0 Å². The lowest BCUT2D eigenvalue weighted by atomic mass is 10.1. The lowest BCUT2D eigenvalue weighted by Gasteiger charge is -2.21. The Morgan fingerprint density at radius 3 is 2.62 bits per heavy atom. The third kappa shape index (κ3) is 2.77. The number of aromatic amines is 1. The molecule has 21 heavy (non-hydrogen) atoms. The molecular weight excluding hydrogens is 266 g/mol. The zero-order chi connectivity index (χ0) is 14.8. The van der Waals surface area contributed by atoms with Gasteiger partial charge in [0.25, 0.3) is 5.91 Å². The first kappa shape index (κ1) is 13.7. The Morgan fingerprint density at radius 1 is 1.05 bits per heavy atom. The summed E-state index contributed by atoms with van der Waals surface area (Å²) < 4.78 is 0. The molecule has 0 bridgehead atoms. The van der Waals surface area contributed by atoms with Crippen molar-refractivity contribution in [3.05, 3.63) is 36.0 Å². The van der Waals surface area contributed by atoms with Gasteiger partial charge in [-0.3, -0.25) is 9.59 Å². The number of nitrogens with zero attached hydrogens (tertiary/aromatic N) is 2. The summed E-state index contributed by atoms with van der Waals surface area (Å²) in [5.41, 5.74) is 1.74. The van der Waals surface area contributed by atoms with Crippen LogP contribution in [0.1, 0.15) is 23.7 Å². The van der Waals surface area contributed by atoms with Gasteiger partial charge in [0, 0.05) is 55.8 Å². The number of nitrogens with one attached hydrogen (secondary N) is 1. The van der Waals surface area contributed by atoms with Gasteiger partial charge in [0.1, 0.15) is 0 Å². The van der Waals surface area contributed by atoms with Crippen LogP contribution in [-0.4, -0.2) is 52.8 Å². The normalized spacial score (nSPS) is 16.0. The van der Waals surface area contributed by atoms with Gasteiger partial charge in [0.05, 0.1) is 0 Å². The maximum Gasteiger partial charge on any atom is 0.253 e. The standard InChI is InChI=1S/C16H19N3O2/c1-12(20)18-7-2-8-19(10-9-18)16(21)14-3-4-15-13(11-14)5-6-17-15/h3-6,11,17H,2,7-10H2,1H3. The van der Waals surface area contributed by atoms with Crippen molar-refractivity contribution < 1.29 is 9.59 Å². The SMILES string of the molecule is CC(=O)N1CCCN(C(=O)c2ccc3[nH]ccc3c2)CC1. The number of hydrogen-bond donors (Lipinski definition) is 1. The highest BCUT2D eigenvalue weighted by Gasteiger charge is 2.21. The average Bonchev–Trinajstić information content (AvgIpc) is 2.80. The Hall–Kier alpha value is -2.30. The monoisotopic (exact) mass is 285 g/mol. The molecule has 3 rings (SSSR count). The van der Waals surface area contributed by atoms with Crippen molar-refractivity contribution in [2.45, 2.75) is 13.3 Å². The summed E-state index contributed by atoms with van der Waals surface area (Å²) in [4.78, 5) is 30.8. The minimum absolute atomic E-state index is 0.0449. The predicted molar refractivity (Wildman–Crippen MR) is 81.1 cm³/mol. The van der Waals surface area contributed by atoms with E-state index in [1.54, 1.807) is 6.92 Å². The maximum atomic E-state index is 12.6. The molecule has 1 N–H and O–H groups in total. The molecule has 0 unspecified atom stereocenters. The van der Waals surface area contributed by atoms with Crippen molar-refractivity contribution in [3.63, 3.8) is 0 Å². The van der Waals surface area contributed by atoms with Crippen molar-refractivity contribution in [2.75, 3.05) is 26.2 Å². The third-order valence-corrected chi connectivity index (χ3v) is 4.03. The number of amides is 2. The maximum absolute atomic E-state index is 12.6. The Balaban J connectivity index is 1.76. The first-order valence-electron chi connectivity index (χ1n) is 7.27. The Bertz CT molecular complexity index is 677. The van der Waals surface area contributed by atoms with E-state index in [9.17, 15) is 9.59 Å². The van der Waals surface area contributed by atoms with Gasteiger partial charge in [-0.25, -0.2) is 0 Å². The zero-order valence-electron chi connectivity index (χ0n) is 12.1. The minimum Gasteiger partial charge on any atom is -0.361 e. The number of fused-ring (bicyclic) bond motifs is 1. The topological polar surface area (TPSA) is 56.4 Å². The highest BCUT2D eigenvalue weighted by Crippen LogP contribution is 2.16. The van der Waals surface area contributed by atoms with E-state index in [-0.39, 0.29) is 11.8 Å². The van der Waals surface area contributed by atoms with E-state index in [1.165, 1.54) is 0 Å². The minimum atomic E-state index is 0.0449. The fourth-order valence-corrected chi connectivity index (χ4v) is 2.80. The summed E-state index contributed by atoms with van der Waals surface area (Å²) in [6.07, 6.45) is 2.70. The summed E-state index contributed by atoms with van der Waals surface area (Å²) in [5.74, 6) is 0.126. The quantitative estimate of drug-likeness (QED) is 0.869. The summed E-state index contributed by atoms with van der Waals surface area (Å²) in [7, 11) is 0. The molecule has 1 saturated heterocycles. The molecule has 0 radical (unpaired) electrons. The van der Waals surface area contributed by atoms with Crippen molar-refractivity contribution in [3.8, 4) is 0 Å². The fourth-order valence-electron chi connectivity index (χ4n) is 2.80. The molecule has 2 amide bonds. The molecule has 1 aliphatic heterocycles. The van der Waals surface area contributed by atoms with Gasteiger partial charge in [-0.05, 0) is 30.7 Å². The van der Waals surface area contributed by atoms with Crippen molar-refractivity contribution in [1.82, 2.24) is 14.8 Å². The summed E-state index contributed by atoms with van der Waals surface area (Å²) in [6, 6.07) is 7.67. The molecule has 0 aliphatic carbocycles. The average molecular weight is 285 g/mol. The molecule has 1 aromatic carbocycles. The van der Waals surface area contributed by atoms with Crippen LogP contribution in [0.3, 0.4) is 0 Å². The number of rotatable bonds is 1. The second-order valence-corrected chi connectivity index (χ2v) is 5.43. The highest BCUT2D eigenvalue weighted by atomic mass is 16.2. The fraction of sp³-hybridized carbons (Fsp3) is 0.375. The molecule has 0 spiro atoms. The van der Waals surface area contributed by atoms with Crippen LogP contribution in [0, 0.1) is 0 Å². The summed E-state index contributed by atoms with van der Waals surface area (Å²) in [6.45, 7) is 4.23. The van der Waals surface area contributed by atoms with Gasteiger partial charge < -0.3 is 14.8 Å². The first-order chi connectivity index (χ1) is 10.1. The Labute approximate surface area is 123 Å². The van der Waals surface area contributed by atoms with Crippen LogP contribution < -0.4 is 0 Å². The van der Waals surface area contributed by atoms with Gasteiger partial charge in [-0.1, -0.05) is 0 Å². The zero-order valence-corrected chi connectivity index (χ0v) is 12.1. The first-order valence-corrected chi connectivity index (χ1v) is 7.27. The van der Waals surface area contributed by atoms with Gasteiger partial charge >= 0.3 is 0 Å². The lowest BCUT2D eigenvalue weighted by Crippen LogP contribution is -2.36. The van der Waals surface area contributed by atoms with Crippen LogP contribution >= 0.6 is 0 Å². The van der Waals surface area contributed by atoms with Gasteiger partial charge in [-0.15, -0.1) is 0 Å². The Kier molecular flexibility index (Phi) is 3.64. The van der Waals surface area contributed by atoms with E-state index in [2.05, 4.69) is 4.98 Å². The second kappa shape index (κ2) is 5.60. The number of carbonyl (C=O) groups is 2. The number of benzene rings is 1. The van der Waals surface area contributed by atoms with E-state index < -0.39 is 0 Å². The molecule has 110 valence electrons. The molecule has 2 heterocycles. The van der Waals surface area contributed by atoms with E-state index in [0.29, 0.717) is 25.2 Å². The molecule has 0 atom stereocenters. The molecular formula is C16H19N3O2. The van der Waals surface area contributed by atoms with Crippen LogP contribution in [0.4, 0.5) is 0 Å². The Morgan fingerprint density at radius 2 is 1.81 bits per heavy atom. The van der Waals surface area contributed by atoms with E-state index >= 15 is 0 Å². The molecule has 1 aromatic heterocycles. The van der Waals surface area contributed by atoms with Crippen molar-refractivity contribution >= 4 is 22.7 Å². The number of hydrogen-bond acceptors (Lipinski definition) is 2. The number of aromatic nitrogens is 1. The largest absolute Gasteiger partial charge is 0.361 e. The smallest absolute Gasteiger partial charge is 0.253 e. The summed E-state index contributed by atoms with van der Waals surface area (Å²) in [5, 5.41) is 1.04. The second-order valence-electron chi connectivity index (χ2n) is 5.43. The van der Waals surface area contributed by atoms with Crippen LogP contribution in [0.15, 0.2) is 30.5 Å². The van der Waals surface area contributed by atoms with Crippen molar-refractivity contribution in [2.24, 2.45) is 0 Å². The van der Waals surface area contributed by atoms with E-state index in [4.69, 9.17) is 0 Å². The third-order valence-electron chi connectivity index (χ3n) is 4.03. The predicted octanol–water partition coefficient (Wildman–Crippen LogP) is 1.86. The van der Waals surface area contributed by atoms with Crippen LogP contribution in [0.25, 0.3) is 10.9 Å².